The van der Waals surface area contributed by atoms with Gasteiger partial charge < -0.3 is 20.5 Å². The van der Waals surface area contributed by atoms with Gasteiger partial charge in [-0.05, 0) is 30.5 Å². The van der Waals surface area contributed by atoms with Gasteiger partial charge in [0.25, 0.3) is 0 Å². The largest absolute Gasteiger partial charge is 0.497 e. The van der Waals surface area contributed by atoms with E-state index in [9.17, 15) is 23.1 Å². The molecule has 3 atom stereocenters. The van der Waals surface area contributed by atoms with E-state index in [0.717, 1.165) is 12.8 Å². The van der Waals surface area contributed by atoms with Crippen LogP contribution in [0.1, 0.15) is 37.3 Å². The third-order valence-electron chi connectivity index (χ3n) is 4.10. The van der Waals surface area contributed by atoms with Crippen LogP contribution in [-0.2, 0) is 0 Å². The highest BCUT2D eigenvalue weighted by atomic mass is 19.4. The van der Waals surface area contributed by atoms with Gasteiger partial charge in [0.2, 0.25) is 0 Å². The Kier molecular flexibility index (Phi) is 5.93. The van der Waals surface area contributed by atoms with E-state index in [1.54, 1.807) is 0 Å². The smallest absolute Gasteiger partial charge is 0.412 e. The van der Waals surface area contributed by atoms with E-state index < -0.39 is 30.4 Å². The van der Waals surface area contributed by atoms with Crippen LogP contribution < -0.4 is 15.4 Å². The van der Waals surface area contributed by atoms with Gasteiger partial charge in [-0.25, -0.2) is 4.79 Å². The standard InChI is InChI=1S/C16H21F3N2O3/c1-24-11-8-6-10(7-9-11)14(16(17,18)19)21-15(23)20-12-4-2-3-5-13(12)22/h6-9,12-14,22H,2-5H2,1H3,(H2,20,21,23)/t12-,13+,14-/m1/s1. The van der Waals surface area contributed by atoms with Gasteiger partial charge in [-0.3, -0.25) is 0 Å². The maximum Gasteiger partial charge on any atom is 0.412 e. The predicted octanol–water partition coefficient (Wildman–Crippen LogP) is 2.90. The zero-order valence-corrected chi connectivity index (χ0v) is 13.3. The summed E-state index contributed by atoms with van der Waals surface area (Å²) in [5, 5.41) is 14.2. The highest BCUT2D eigenvalue weighted by molar-refractivity contribution is 5.75. The zero-order chi connectivity index (χ0) is 17.7. The molecule has 0 spiro atoms. The third-order valence-corrected chi connectivity index (χ3v) is 4.10. The molecule has 0 radical (unpaired) electrons. The van der Waals surface area contributed by atoms with E-state index in [0.29, 0.717) is 18.6 Å². The Bertz CT molecular complexity index is 548. The van der Waals surface area contributed by atoms with Crippen molar-refractivity contribution in [2.45, 2.75) is 50.0 Å². The first kappa shape index (κ1) is 18.4. The second kappa shape index (κ2) is 7.74. The van der Waals surface area contributed by atoms with Crippen LogP contribution in [0, 0.1) is 0 Å². The van der Waals surface area contributed by atoms with Crippen molar-refractivity contribution >= 4 is 6.03 Å². The second-order valence-electron chi connectivity index (χ2n) is 5.82. The molecule has 134 valence electrons. The molecule has 8 heteroatoms. The lowest BCUT2D eigenvalue weighted by atomic mass is 9.93. The van der Waals surface area contributed by atoms with Crippen LogP contribution in [0.2, 0.25) is 0 Å². The van der Waals surface area contributed by atoms with Gasteiger partial charge in [-0.15, -0.1) is 0 Å². The van der Waals surface area contributed by atoms with Crippen LogP contribution in [0.3, 0.4) is 0 Å². The SMILES string of the molecule is COc1ccc([C@@H](NC(=O)N[C@@H]2CCCC[C@@H]2O)C(F)(F)F)cc1. The summed E-state index contributed by atoms with van der Waals surface area (Å²) in [6, 6.07) is 1.71. The minimum Gasteiger partial charge on any atom is -0.497 e. The zero-order valence-electron chi connectivity index (χ0n) is 13.3. The van der Waals surface area contributed by atoms with E-state index in [2.05, 4.69) is 5.32 Å². The van der Waals surface area contributed by atoms with E-state index in [1.807, 2.05) is 5.32 Å². The first-order chi connectivity index (χ1) is 11.3. The summed E-state index contributed by atoms with van der Waals surface area (Å²) in [5.41, 5.74) is -0.0948. The minimum absolute atomic E-state index is 0.0948. The molecule has 0 unspecified atom stereocenters. The Balaban J connectivity index is 2.06. The fourth-order valence-electron chi connectivity index (χ4n) is 2.77. The number of rotatable bonds is 4. The monoisotopic (exact) mass is 346 g/mol. The number of aliphatic hydroxyl groups is 1. The number of halogens is 3. The van der Waals surface area contributed by atoms with Gasteiger partial charge in [-0.1, -0.05) is 25.0 Å². The number of nitrogens with one attached hydrogen (secondary N) is 2. The topological polar surface area (TPSA) is 70.6 Å². The van der Waals surface area contributed by atoms with Gasteiger partial charge in [-0.2, -0.15) is 13.2 Å². The van der Waals surface area contributed by atoms with Crippen molar-refractivity contribution < 1.29 is 27.8 Å². The molecule has 1 aliphatic rings. The molecule has 1 aromatic carbocycles. The number of amides is 2. The molecule has 1 aromatic rings. The molecule has 2 rings (SSSR count). The Labute approximate surface area is 138 Å². The van der Waals surface area contributed by atoms with Crippen LogP contribution >= 0.6 is 0 Å². The van der Waals surface area contributed by atoms with Crippen molar-refractivity contribution in [3.8, 4) is 5.75 Å². The average Bonchev–Trinajstić information content (AvgIpc) is 2.54. The van der Waals surface area contributed by atoms with Gasteiger partial charge >= 0.3 is 12.2 Å². The molecule has 0 saturated heterocycles. The highest BCUT2D eigenvalue weighted by Crippen LogP contribution is 2.33. The van der Waals surface area contributed by atoms with E-state index >= 15 is 0 Å². The first-order valence-electron chi connectivity index (χ1n) is 7.77. The lowest BCUT2D eigenvalue weighted by Crippen LogP contribution is -2.51. The molecular weight excluding hydrogens is 325 g/mol. The molecule has 0 aromatic heterocycles. The fraction of sp³-hybridized carbons (Fsp3) is 0.562. The lowest BCUT2D eigenvalue weighted by Gasteiger charge is -2.29. The molecule has 0 bridgehead atoms. The van der Waals surface area contributed by atoms with E-state index in [1.165, 1.54) is 31.4 Å². The fourth-order valence-corrected chi connectivity index (χ4v) is 2.77. The van der Waals surface area contributed by atoms with Gasteiger partial charge in [0.15, 0.2) is 6.04 Å². The number of aliphatic hydroxyl groups excluding tert-OH is 1. The van der Waals surface area contributed by atoms with Crippen LogP contribution in [0.15, 0.2) is 24.3 Å². The number of benzene rings is 1. The number of alkyl halides is 3. The van der Waals surface area contributed by atoms with Gasteiger partial charge in [0.1, 0.15) is 5.75 Å². The van der Waals surface area contributed by atoms with Crippen molar-refractivity contribution in [2.24, 2.45) is 0 Å². The molecule has 1 aliphatic carbocycles. The van der Waals surface area contributed by atoms with Crippen molar-refractivity contribution in [3.05, 3.63) is 29.8 Å². The summed E-state index contributed by atoms with van der Waals surface area (Å²) in [6.07, 6.45) is -2.62. The summed E-state index contributed by atoms with van der Waals surface area (Å²) in [6.45, 7) is 0. The minimum atomic E-state index is -4.64. The van der Waals surface area contributed by atoms with Crippen molar-refractivity contribution in [1.29, 1.82) is 0 Å². The van der Waals surface area contributed by atoms with Crippen molar-refractivity contribution in [2.75, 3.05) is 7.11 Å². The number of urea groups is 1. The van der Waals surface area contributed by atoms with E-state index in [-0.39, 0.29) is 5.56 Å². The van der Waals surface area contributed by atoms with Crippen LogP contribution in [0.4, 0.5) is 18.0 Å². The maximum absolute atomic E-state index is 13.3. The number of hydrogen-bond acceptors (Lipinski definition) is 3. The second-order valence-corrected chi connectivity index (χ2v) is 5.82. The highest BCUT2D eigenvalue weighted by Gasteiger charge is 2.42. The summed E-state index contributed by atoms with van der Waals surface area (Å²) < 4.78 is 44.8. The average molecular weight is 346 g/mol. The van der Waals surface area contributed by atoms with Crippen LogP contribution in [0.5, 0.6) is 5.75 Å². The van der Waals surface area contributed by atoms with Crippen LogP contribution in [0.25, 0.3) is 0 Å². The maximum atomic E-state index is 13.3. The summed E-state index contributed by atoms with van der Waals surface area (Å²) in [7, 11) is 1.41. The lowest BCUT2D eigenvalue weighted by molar-refractivity contribution is -0.155. The molecule has 1 saturated carbocycles. The summed E-state index contributed by atoms with van der Waals surface area (Å²) >= 11 is 0. The molecule has 2 amide bonds. The number of carbonyl (C=O) groups is 1. The molecular formula is C16H21F3N2O3. The van der Waals surface area contributed by atoms with Crippen LogP contribution in [-0.4, -0.2) is 36.6 Å². The Morgan fingerprint density at radius 1 is 1.25 bits per heavy atom. The normalized spacial score (nSPS) is 22.5. The Morgan fingerprint density at radius 3 is 2.42 bits per heavy atom. The van der Waals surface area contributed by atoms with E-state index in [4.69, 9.17) is 4.74 Å². The van der Waals surface area contributed by atoms with Gasteiger partial charge in [0, 0.05) is 0 Å². The quantitative estimate of drug-likeness (QED) is 0.785. The number of hydrogen-bond donors (Lipinski definition) is 3. The number of ether oxygens (including phenoxy) is 1. The molecule has 0 aliphatic heterocycles. The molecule has 24 heavy (non-hydrogen) atoms. The first-order valence-corrected chi connectivity index (χ1v) is 7.77. The van der Waals surface area contributed by atoms with Crippen molar-refractivity contribution in [1.82, 2.24) is 10.6 Å². The summed E-state index contributed by atoms with van der Waals surface area (Å²) in [4.78, 5) is 12.0. The number of methoxy groups -OCH3 is 1. The molecule has 0 heterocycles. The molecule has 5 nitrogen and oxygen atoms in total. The Morgan fingerprint density at radius 2 is 1.88 bits per heavy atom. The molecule has 1 fully saturated rings. The number of carbonyl (C=O) groups excluding carboxylic acids is 1. The summed E-state index contributed by atoms with van der Waals surface area (Å²) in [5.74, 6) is 0.425. The predicted molar refractivity (Wildman–Crippen MR) is 81.7 cm³/mol. The van der Waals surface area contributed by atoms with Crippen molar-refractivity contribution in [3.63, 3.8) is 0 Å². The van der Waals surface area contributed by atoms with Gasteiger partial charge in [0.05, 0.1) is 19.3 Å². The Hall–Kier alpha value is -1.96. The molecule has 3 N–H and O–H groups in total. The third kappa shape index (κ3) is 4.77.